The van der Waals surface area contributed by atoms with Gasteiger partial charge in [0.2, 0.25) is 5.91 Å². The summed E-state index contributed by atoms with van der Waals surface area (Å²) in [6, 6.07) is 0. The maximum Gasteiger partial charge on any atom is 0.226 e. The second-order valence-corrected chi connectivity index (χ2v) is 5.82. The molecule has 0 aromatic rings. The second-order valence-electron chi connectivity index (χ2n) is 4.40. The van der Waals surface area contributed by atoms with Crippen molar-refractivity contribution in [2.24, 2.45) is 5.92 Å². The van der Waals surface area contributed by atoms with Gasteiger partial charge in [-0.3, -0.25) is 4.79 Å². The minimum absolute atomic E-state index is 0.215. The number of thioether (sulfide) groups is 1. The van der Waals surface area contributed by atoms with Gasteiger partial charge in [0.1, 0.15) is 0 Å². The summed E-state index contributed by atoms with van der Waals surface area (Å²) in [6.45, 7) is 4.00. The molecule has 0 aromatic heterocycles. The largest absolute Gasteiger partial charge is 0.339 e. The van der Waals surface area contributed by atoms with E-state index in [9.17, 15) is 4.79 Å². The molecule has 1 atom stereocenters. The van der Waals surface area contributed by atoms with E-state index < -0.39 is 0 Å². The summed E-state index contributed by atoms with van der Waals surface area (Å²) in [6.07, 6.45) is 1.02. The zero-order valence-electron chi connectivity index (χ0n) is 9.05. The van der Waals surface area contributed by atoms with E-state index in [1.54, 1.807) is 4.90 Å². The summed E-state index contributed by atoms with van der Waals surface area (Å²) in [4.78, 5) is 13.8. The summed E-state index contributed by atoms with van der Waals surface area (Å²) in [5, 5.41) is 0. The van der Waals surface area contributed by atoms with Gasteiger partial charge in [0.25, 0.3) is 0 Å². The Kier molecular flexibility index (Phi) is 4.14. The lowest BCUT2D eigenvalue weighted by molar-refractivity contribution is -0.137. The quantitative estimate of drug-likeness (QED) is 0.700. The van der Waals surface area contributed by atoms with Crippen LogP contribution in [0.15, 0.2) is 0 Å². The minimum Gasteiger partial charge on any atom is -0.339 e. The minimum atomic E-state index is -0.230. The summed E-state index contributed by atoms with van der Waals surface area (Å²) in [5.41, 5.74) is -0.230. The van der Waals surface area contributed by atoms with Gasteiger partial charge in [0.15, 0.2) is 0 Å². The van der Waals surface area contributed by atoms with Crippen LogP contribution in [0.25, 0.3) is 0 Å². The Labute approximate surface area is 95.4 Å². The van der Waals surface area contributed by atoms with Gasteiger partial charge in [0, 0.05) is 24.6 Å². The van der Waals surface area contributed by atoms with E-state index in [1.807, 2.05) is 32.7 Å². The van der Waals surface area contributed by atoms with Gasteiger partial charge in [-0.15, -0.1) is 11.6 Å². The topological polar surface area (TPSA) is 20.3 Å². The molecule has 0 bridgehead atoms. The number of rotatable bonds is 3. The van der Waals surface area contributed by atoms with Crippen molar-refractivity contribution in [1.82, 2.24) is 4.90 Å². The third-order valence-electron chi connectivity index (χ3n) is 2.84. The molecule has 0 N–H and O–H groups in total. The lowest BCUT2D eigenvalue weighted by Gasteiger charge is -2.35. The van der Waals surface area contributed by atoms with Crippen LogP contribution in [0.1, 0.15) is 20.3 Å². The molecule has 1 fully saturated rings. The normalized spacial score (nSPS) is 22.4. The fourth-order valence-electron chi connectivity index (χ4n) is 1.39. The molecule has 14 heavy (non-hydrogen) atoms. The van der Waals surface area contributed by atoms with Crippen molar-refractivity contribution in [2.45, 2.75) is 25.8 Å². The Morgan fingerprint density at radius 2 is 2.29 bits per heavy atom. The lowest BCUT2D eigenvalue weighted by atomic mass is 10.0. The summed E-state index contributed by atoms with van der Waals surface area (Å²) in [7, 11) is 1.85. The fraction of sp³-hybridized carbons (Fsp3) is 0.900. The maximum absolute atomic E-state index is 12.0. The van der Waals surface area contributed by atoms with Crippen molar-refractivity contribution in [3.05, 3.63) is 0 Å². The molecule has 82 valence electrons. The number of carbonyl (C=O) groups excluding carboxylic acids is 1. The SMILES string of the molecule is CN(C(=O)C1CCSC1)C(C)(C)CCl. The van der Waals surface area contributed by atoms with Gasteiger partial charge in [-0.2, -0.15) is 11.8 Å². The van der Waals surface area contributed by atoms with Gasteiger partial charge in [-0.05, 0) is 26.0 Å². The highest BCUT2D eigenvalue weighted by Gasteiger charge is 2.32. The van der Waals surface area contributed by atoms with E-state index in [4.69, 9.17) is 11.6 Å². The van der Waals surface area contributed by atoms with Crippen LogP contribution in [-0.4, -0.2) is 40.8 Å². The number of carbonyl (C=O) groups is 1. The standard InChI is InChI=1S/C10H18ClNOS/c1-10(2,7-11)12(3)9(13)8-4-5-14-6-8/h8H,4-7H2,1-3H3. The van der Waals surface area contributed by atoms with Crippen LogP contribution in [0.3, 0.4) is 0 Å². The van der Waals surface area contributed by atoms with Crippen LogP contribution in [0.4, 0.5) is 0 Å². The number of nitrogens with zero attached hydrogens (tertiary/aromatic N) is 1. The van der Waals surface area contributed by atoms with Gasteiger partial charge >= 0.3 is 0 Å². The molecule has 1 aliphatic rings. The van der Waals surface area contributed by atoms with Crippen molar-refractivity contribution in [1.29, 1.82) is 0 Å². The van der Waals surface area contributed by atoms with Gasteiger partial charge in [0.05, 0.1) is 5.54 Å². The molecule has 1 rings (SSSR count). The summed E-state index contributed by atoms with van der Waals surface area (Å²) < 4.78 is 0. The predicted molar refractivity (Wildman–Crippen MR) is 63.0 cm³/mol. The van der Waals surface area contributed by atoms with E-state index in [0.29, 0.717) is 5.88 Å². The van der Waals surface area contributed by atoms with Crippen LogP contribution in [-0.2, 0) is 4.79 Å². The molecule has 1 aliphatic heterocycles. The molecule has 1 heterocycles. The highest BCUT2D eigenvalue weighted by Crippen LogP contribution is 2.27. The second kappa shape index (κ2) is 4.75. The Morgan fingerprint density at radius 3 is 2.71 bits per heavy atom. The molecule has 0 radical (unpaired) electrons. The number of amides is 1. The van der Waals surface area contributed by atoms with E-state index in [2.05, 4.69) is 0 Å². The first-order valence-corrected chi connectivity index (χ1v) is 6.59. The number of alkyl halides is 1. The highest BCUT2D eigenvalue weighted by molar-refractivity contribution is 7.99. The number of halogens is 1. The average molecular weight is 236 g/mol. The Morgan fingerprint density at radius 1 is 1.64 bits per heavy atom. The first-order valence-electron chi connectivity index (χ1n) is 4.90. The molecular formula is C10H18ClNOS. The molecule has 4 heteroatoms. The van der Waals surface area contributed by atoms with Gasteiger partial charge in [-0.25, -0.2) is 0 Å². The molecule has 2 nitrogen and oxygen atoms in total. The molecule has 1 unspecified atom stereocenters. The lowest BCUT2D eigenvalue weighted by Crippen LogP contribution is -2.48. The Bertz CT molecular complexity index is 214. The molecule has 0 saturated carbocycles. The van der Waals surface area contributed by atoms with Gasteiger partial charge in [-0.1, -0.05) is 0 Å². The van der Waals surface area contributed by atoms with Crippen LogP contribution >= 0.6 is 23.4 Å². The third kappa shape index (κ3) is 2.57. The molecule has 0 spiro atoms. The van der Waals surface area contributed by atoms with E-state index in [1.165, 1.54) is 0 Å². The molecule has 0 aliphatic carbocycles. The van der Waals surface area contributed by atoms with Crippen LogP contribution in [0, 0.1) is 5.92 Å². The predicted octanol–water partition coefficient (Wildman–Crippen LogP) is 2.22. The highest BCUT2D eigenvalue weighted by atomic mass is 35.5. The smallest absolute Gasteiger partial charge is 0.226 e. The van der Waals surface area contributed by atoms with Crippen LogP contribution in [0.5, 0.6) is 0 Å². The van der Waals surface area contributed by atoms with Gasteiger partial charge < -0.3 is 4.90 Å². The molecule has 1 amide bonds. The summed E-state index contributed by atoms with van der Waals surface area (Å²) in [5.74, 6) is 3.04. The molecule has 0 aromatic carbocycles. The first-order chi connectivity index (χ1) is 6.49. The van der Waals surface area contributed by atoms with E-state index in [0.717, 1.165) is 17.9 Å². The zero-order chi connectivity index (χ0) is 10.8. The monoisotopic (exact) mass is 235 g/mol. The molecule has 1 saturated heterocycles. The fourth-order valence-corrected chi connectivity index (χ4v) is 2.78. The van der Waals surface area contributed by atoms with E-state index in [-0.39, 0.29) is 17.4 Å². The van der Waals surface area contributed by atoms with Crippen molar-refractivity contribution >= 4 is 29.3 Å². The van der Waals surface area contributed by atoms with Crippen LogP contribution in [0.2, 0.25) is 0 Å². The zero-order valence-corrected chi connectivity index (χ0v) is 10.6. The van der Waals surface area contributed by atoms with E-state index >= 15 is 0 Å². The molecular weight excluding hydrogens is 218 g/mol. The first kappa shape index (κ1) is 12.2. The maximum atomic E-state index is 12.0. The van der Waals surface area contributed by atoms with Crippen LogP contribution < -0.4 is 0 Å². The number of hydrogen-bond donors (Lipinski definition) is 0. The van der Waals surface area contributed by atoms with Crippen molar-refractivity contribution in [3.63, 3.8) is 0 Å². The van der Waals surface area contributed by atoms with Crippen molar-refractivity contribution in [3.8, 4) is 0 Å². The number of hydrogen-bond acceptors (Lipinski definition) is 2. The van der Waals surface area contributed by atoms with Crippen molar-refractivity contribution < 1.29 is 4.79 Å². The average Bonchev–Trinajstić information content (AvgIpc) is 2.68. The summed E-state index contributed by atoms with van der Waals surface area (Å²) >= 11 is 7.71. The third-order valence-corrected chi connectivity index (χ3v) is 4.66. The van der Waals surface area contributed by atoms with Crippen molar-refractivity contribution in [2.75, 3.05) is 24.4 Å². The Hall–Kier alpha value is 0.110. The Balaban J connectivity index is 2.59.